The molecule has 0 radical (unpaired) electrons. The second kappa shape index (κ2) is 8.82. The zero-order valence-electron chi connectivity index (χ0n) is 19.3. The molecular formula is C27H31FN4O. The Balaban J connectivity index is 1.44. The van der Waals surface area contributed by atoms with Crippen LogP contribution in [0.1, 0.15) is 60.5 Å². The number of anilines is 1. The van der Waals surface area contributed by atoms with Crippen LogP contribution in [0.15, 0.2) is 42.9 Å². The minimum Gasteiger partial charge on any atom is -0.370 e. The smallest absolute Gasteiger partial charge is 0.169 e. The second-order valence-electron chi connectivity index (χ2n) is 10.1. The Morgan fingerprint density at radius 1 is 1.12 bits per heavy atom. The molecule has 6 heteroatoms. The Morgan fingerprint density at radius 3 is 2.70 bits per heavy atom. The van der Waals surface area contributed by atoms with Crippen molar-refractivity contribution < 1.29 is 9.18 Å². The highest BCUT2D eigenvalue weighted by Gasteiger charge is 2.28. The maximum Gasteiger partial charge on any atom is 0.169 e. The predicted molar refractivity (Wildman–Crippen MR) is 129 cm³/mol. The molecule has 0 unspecified atom stereocenters. The third kappa shape index (κ3) is 4.36. The van der Waals surface area contributed by atoms with Crippen molar-refractivity contribution in [3.8, 4) is 0 Å². The van der Waals surface area contributed by atoms with Crippen molar-refractivity contribution in [2.45, 2.75) is 51.5 Å². The highest BCUT2D eigenvalue weighted by molar-refractivity contribution is 6.08. The van der Waals surface area contributed by atoms with Crippen molar-refractivity contribution in [2.24, 2.45) is 17.6 Å². The van der Waals surface area contributed by atoms with E-state index in [2.05, 4.69) is 28.7 Å². The number of Topliss-reactive ketones (excluding diaryl/α,β-unsaturated/α-hetero) is 1. The summed E-state index contributed by atoms with van der Waals surface area (Å²) in [5.41, 5.74) is 10.2. The highest BCUT2D eigenvalue weighted by atomic mass is 19.1. The molecule has 3 atom stereocenters. The van der Waals surface area contributed by atoms with Crippen LogP contribution in [-0.4, -0.2) is 34.9 Å². The molecule has 1 saturated carbocycles. The molecule has 5 nitrogen and oxygen atoms in total. The van der Waals surface area contributed by atoms with Gasteiger partial charge in [-0.05, 0) is 72.4 Å². The molecule has 1 aromatic carbocycles. The average Bonchev–Trinajstić information content (AvgIpc) is 2.77. The van der Waals surface area contributed by atoms with Gasteiger partial charge in [-0.25, -0.2) is 4.39 Å². The van der Waals surface area contributed by atoms with E-state index in [1.165, 1.54) is 6.07 Å². The third-order valence-electron chi connectivity index (χ3n) is 7.22. The first-order valence-electron chi connectivity index (χ1n) is 11.9. The number of rotatable bonds is 5. The number of carbonyl (C=O) groups is 1. The molecule has 1 saturated heterocycles. The van der Waals surface area contributed by atoms with Crippen LogP contribution < -0.4 is 10.6 Å². The molecular weight excluding hydrogens is 415 g/mol. The number of hydrogen-bond acceptors (Lipinski definition) is 5. The molecule has 172 valence electrons. The molecule has 5 rings (SSSR count). The van der Waals surface area contributed by atoms with E-state index in [-0.39, 0.29) is 24.1 Å². The normalized spacial score (nSPS) is 23.5. The summed E-state index contributed by atoms with van der Waals surface area (Å²) in [4.78, 5) is 24.4. The predicted octanol–water partition coefficient (Wildman–Crippen LogP) is 4.88. The summed E-state index contributed by atoms with van der Waals surface area (Å²) in [6.45, 7) is 6.32. The van der Waals surface area contributed by atoms with Crippen LogP contribution in [0.4, 0.5) is 10.1 Å². The van der Waals surface area contributed by atoms with Gasteiger partial charge in [0.1, 0.15) is 5.82 Å². The number of pyridine rings is 2. The van der Waals surface area contributed by atoms with Gasteiger partial charge in [-0.15, -0.1) is 0 Å². The zero-order valence-corrected chi connectivity index (χ0v) is 19.3. The van der Waals surface area contributed by atoms with Gasteiger partial charge in [-0.3, -0.25) is 14.8 Å². The Hall–Kier alpha value is -2.86. The molecule has 2 N–H and O–H groups in total. The van der Waals surface area contributed by atoms with Crippen molar-refractivity contribution in [1.82, 2.24) is 9.97 Å². The quantitative estimate of drug-likeness (QED) is 0.566. The van der Waals surface area contributed by atoms with Gasteiger partial charge in [0.15, 0.2) is 5.78 Å². The number of fused-ring (bicyclic) bond motifs is 1. The zero-order chi connectivity index (χ0) is 23.1. The first kappa shape index (κ1) is 22.0. The summed E-state index contributed by atoms with van der Waals surface area (Å²) in [5.74, 6) is 1.11. The van der Waals surface area contributed by atoms with E-state index in [9.17, 15) is 9.18 Å². The summed E-state index contributed by atoms with van der Waals surface area (Å²) in [6, 6.07) is 6.98. The number of nitrogens with two attached hydrogens (primary N) is 1. The highest BCUT2D eigenvalue weighted by Crippen LogP contribution is 2.37. The van der Waals surface area contributed by atoms with Crippen molar-refractivity contribution in [2.75, 3.05) is 18.0 Å². The number of halogens is 1. The standard InChI is InChI=1S/C27H31FN4O/c1-16-7-18(9-20(29)8-16)22-5-6-30-12-19(22)10-26(33)23-3-4-25(28)24-11-21(13-31-27(23)24)32-14-17(2)15-32/h3-6,11-13,16-18,20H,7-10,14-15,29H2,1-2H3/t16-,18+,20-/m0/s1. The van der Waals surface area contributed by atoms with E-state index in [4.69, 9.17) is 5.73 Å². The van der Waals surface area contributed by atoms with Crippen LogP contribution in [0.2, 0.25) is 0 Å². The van der Waals surface area contributed by atoms with Gasteiger partial charge in [0.05, 0.1) is 17.4 Å². The summed E-state index contributed by atoms with van der Waals surface area (Å²) in [5, 5.41) is 0.399. The Morgan fingerprint density at radius 2 is 1.94 bits per heavy atom. The molecule has 3 heterocycles. The van der Waals surface area contributed by atoms with Gasteiger partial charge in [0, 0.05) is 48.9 Å². The summed E-state index contributed by atoms with van der Waals surface area (Å²) in [7, 11) is 0. The first-order valence-corrected chi connectivity index (χ1v) is 11.9. The van der Waals surface area contributed by atoms with E-state index < -0.39 is 0 Å². The minimum absolute atomic E-state index is 0.0692. The van der Waals surface area contributed by atoms with Crippen LogP contribution >= 0.6 is 0 Å². The molecule has 1 aliphatic heterocycles. The van der Waals surface area contributed by atoms with Gasteiger partial charge in [-0.1, -0.05) is 13.8 Å². The molecule has 0 bridgehead atoms. The lowest BCUT2D eigenvalue weighted by molar-refractivity contribution is 0.0994. The SMILES string of the molecule is CC1CN(c2cnc3c(C(=O)Cc4cnccc4[C@@H]4C[C@H](C)C[C@H](N)C4)ccc(F)c3c2)C1. The maximum absolute atomic E-state index is 14.7. The maximum atomic E-state index is 14.7. The Labute approximate surface area is 194 Å². The molecule has 2 fully saturated rings. The number of aromatic nitrogens is 2. The molecule has 1 aliphatic carbocycles. The van der Waals surface area contributed by atoms with E-state index in [0.717, 1.165) is 49.2 Å². The van der Waals surface area contributed by atoms with Crippen LogP contribution in [0.3, 0.4) is 0 Å². The first-order chi connectivity index (χ1) is 15.9. The van der Waals surface area contributed by atoms with Gasteiger partial charge in [0.25, 0.3) is 0 Å². The fourth-order valence-electron chi connectivity index (χ4n) is 5.65. The fourth-order valence-corrected chi connectivity index (χ4v) is 5.65. The van der Waals surface area contributed by atoms with Crippen LogP contribution in [0.25, 0.3) is 10.9 Å². The van der Waals surface area contributed by atoms with Gasteiger partial charge < -0.3 is 10.6 Å². The molecule has 2 aliphatic rings. The molecule has 2 aromatic heterocycles. The number of benzene rings is 1. The molecule has 0 spiro atoms. The van der Waals surface area contributed by atoms with Crippen LogP contribution in [0, 0.1) is 17.7 Å². The lowest BCUT2D eigenvalue weighted by atomic mass is 9.75. The lowest BCUT2D eigenvalue weighted by Crippen LogP contribution is -2.45. The van der Waals surface area contributed by atoms with E-state index >= 15 is 0 Å². The van der Waals surface area contributed by atoms with Crippen molar-refractivity contribution >= 4 is 22.4 Å². The van der Waals surface area contributed by atoms with Crippen LogP contribution in [0.5, 0.6) is 0 Å². The second-order valence-corrected chi connectivity index (χ2v) is 10.1. The minimum atomic E-state index is -0.350. The Kier molecular flexibility index (Phi) is 5.87. The van der Waals surface area contributed by atoms with Crippen molar-refractivity contribution in [3.63, 3.8) is 0 Å². The molecule has 0 amide bonds. The fraction of sp³-hybridized carbons (Fsp3) is 0.444. The topological polar surface area (TPSA) is 72.1 Å². The lowest BCUT2D eigenvalue weighted by Gasteiger charge is -2.39. The van der Waals surface area contributed by atoms with E-state index in [0.29, 0.717) is 34.2 Å². The van der Waals surface area contributed by atoms with Gasteiger partial charge >= 0.3 is 0 Å². The van der Waals surface area contributed by atoms with Crippen LogP contribution in [-0.2, 0) is 6.42 Å². The van der Waals surface area contributed by atoms with E-state index in [1.807, 2.05) is 12.1 Å². The molecule has 3 aromatic rings. The summed E-state index contributed by atoms with van der Waals surface area (Å²) >= 11 is 0. The van der Waals surface area contributed by atoms with E-state index in [1.54, 1.807) is 24.7 Å². The number of carbonyl (C=O) groups excluding carboxylic acids is 1. The van der Waals surface area contributed by atoms with Crippen molar-refractivity contribution in [3.05, 3.63) is 65.4 Å². The third-order valence-corrected chi connectivity index (χ3v) is 7.22. The number of nitrogens with zero attached hydrogens (tertiary/aromatic N) is 3. The van der Waals surface area contributed by atoms with Crippen molar-refractivity contribution in [1.29, 1.82) is 0 Å². The molecule has 33 heavy (non-hydrogen) atoms. The number of ketones is 1. The monoisotopic (exact) mass is 446 g/mol. The Bertz CT molecular complexity index is 1180. The van der Waals surface area contributed by atoms with Gasteiger partial charge in [0.2, 0.25) is 0 Å². The average molecular weight is 447 g/mol. The largest absolute Gasteiger partial charge is 0.370 e. The number of hydrogen-bond donors (Lipinski definition) is 1. The summed E-state index contributed by atoms with van der Waals surface area (Å²) in [6.07, 6.45) is 8.59. The summed E-state index contributed by atoms with van der Waals surface area (Å²) < 4.78 is 14.7. The van der Waals surface area contributed by atoms with Gasteiger partial charge in [-0.2, -0.15) is 0 Å².